The van der Waals surface area contributed by atoms with Gasteiger partial charge in [0, 0.05) is 6.54 Å². The SMILES string of the molecule is CCC(CC)(CN)C(=O)NC(C)c1nc(C)no1. The Kier molecular flexibility index (Phi) is 4.84. The second-order valence-electron chi connectivity index (χ2n) is 4.57. The van der Waals surface area contributed by atoms with Crippen molar-refractivity contribution in [1.29, 1.82) is 0 Å². The molecule has 1 amide bonds. The zero-order valence-electron chi connectivity index (χ0n) is 11.5. The number of amides is 1. The van der Waals surface area contributed by atoms with Gasteiger partial charge in [-0.2, -0.15) is 4.98 Å². The van der Waals surface area contributed by atoms with Crippen LogP contribution >= 0.6 is 0 Å². The van der Waals surface area contributed by atoms with Crippen molar-refractivity contribution in [3.05, 3.63) is 11.7 Å². The molecule has 6 heteroatoms. The second kappa shape index (κ2) is 5.95. The van der Waals surface area contributed by atoms with Crippen LogP contribution in [0.1, 0.15) is 51.4 Å². The first kappa shape index (κ1) is 14.6. The summed E-state index contributed by atoms with van der Waals surface area (Å²) < 4.78 is 5.03. The number of nitrogens with one attached hydrogen (secondary N) is 1. The molecule has 1 atom stereocenters. The number of nitrogens with two attached hydrogens (primary N) is 1. The highest BCUT2D eigenvalue weighted by atomic mass is 16.5. The Morgan fingerprint density at radius 2 is 2.11 bits per heavy atom. The van der Waals surface area contributed by atoms with E-state index in [-0.39, 0.29) is 11.9 Å². The van der Waals surface area contributed by atoms with E-state index in [1.54, 1.807) is 6.92 Å². The van der Waals surface area contributed by atoms with E-state index >= 15 is 0 Å². The monoisotopic (exact) mass is 254 g/mol. The van der Waals surface area contributed by atoms with Crippen LogP contribution in [0.5, 0.6) is 0 Å². The van der Waals surface area contributed by atoms with Crippen LogP contribution in [-0.4, -0.2) is 22.6 Å². The van der Waals surface area contributed by atoms with Crippen molar-refractivity contribution >= 4 is 5.91 Å². The van der Waals surface area contributed by atoms with Crippen LogP contribution in [-0.2, 0) is 4.79 Å². The maximum Gasteiger partial charge on any atom is 0.248 e. The maximum absolute atomic E-state index is 12.3. The van der Waals surface area contributed by atoms with Crippen molar-refractivity contribution in [1.82, 2.24) is 15.5 Å². The highest BCUT2D eigenvalue weighted by molar-refractivity contribution is 5.83. The Hall–Kier alpha value is -1.43. The van der Waals surface area contributed by atoms with Crippen LogP contribution < -0.4 is 11.1 Å². The normalized spacial score (nSPS) is 13.4. The van der Waals surface area contributed by atoms with Crippen molar-refractivity contribution in [2.75, 3.05) is 6.54 Å². The third-order valence-corrected chi connectivity index (χ3v) is 3.49. The van der Waals surface area contributed by atoms with E-state index in [2.05, 4.69) is 15.5 Å². The van der Waals surface area contributed by atoms with Gasteiger partial charge in [-0.05, 0) is 26.7 Å². The van der Waals surface area contributed by atoms with Crippen LogP contribution in [0.4, 0.5) is 0 Å². The van der Waals surface area contributed by atoms with Crippen LogP contribution in [0.3, 0.4) is 0 Å². The van der Waals surface area contributed by atoms with Gasteiger partial charge in [0.05, 0.1) is 5.41 Å². The number of rotatable bonds is 6. The molecule has 0 radical (unpaired) electrons. The predicted octanol–water partition coefficient (Wildman–Crippen LogP) is 1.32. The largest absolute Gasteiger partial charge is 0.344 e. The van der Waals surface area contributed by atoms with Gasteiger partial charge in [0.1, 0.15) is 6.04 Å². The van der Waals surface area contributed by atoms with Gasteiger partial charge in [-0.1, -0.05) is 19.0 Å². The van der Waals surface area contributed by atoms with Gasteiger partial charge >= 0.3 is 0 Å². The molecule has 1 rings (SSSR count). The fraction of sp³-hybridized carbons (Fsp3) is 0.750. The summed E-state index contributed by atoms with van der Waals surface area (Å²) in [6, 6.07) is -0.303. The average Bonchev–Trinajstić information content (AvgIpc) is 2.79. The van der Waals surface area contributed by atoms with Crippen molar-refractivity contribution in [2.24, 2.45) is 11.1 Å². The molecule has 0 aromatic carbocycles. The summed E-state index contributed by atoms with van der Waals surface area (Å²) in [4.78, 5) is 16.4. The number of hydrogen-bond donors (Lipinski definition) is 2. The lowest BCUT2D eigenvalue weighted by Crippen LogP contribution is -2.46. The molecule has 0 fully saturated rings. The third-order valence-electron chi connectivity index (χ3n) is 3.49. The molecule has 0 aliphatic heterocycles. The van der Waals surface area contributed by atoms with E-state index in [0.717, 1.165) is 0 Å². The highest BCUT2D eigenvalue weighted by Gasteiger charge is 2.34. The minimum Gasteiger partial charge on any atom is -0.344 e. The van der Waals surface area contributed by atoms with Gasteiger partial charge < -0.3 is 15.6 Å². The molecular formula is C12H22N4O2. The van der Waals surface area contributed by atoms with Gasteiger partial charge in [-0.25, -0.2) is 0 Å². The van der Waals surface area contributed by atoms with Crippen molar-refractivity contribution < 1.29 is 9.32 Å². The Bertz CT molecular complexity index is 390. The van der Waals surface area contributed by atoms with Crippen molar-refractivity contribution in [3.63, 3.8) is 0 Å². The van der Waals surface area contributed by atoms with E-state index in [1.807, 2.05) is 20.8 Å². The first-order valence-electron chi connectivity index (χ1n) is 6.30. The minimum atomic E-state index is -0.511. The van der Waals surface area contributed by atoms with Gasteiger partial charge in [0.25, 0.3) is 0 Å². The summed E-state index contributed by atoms with van der Waals surface area (Å²) >= 11 is 0. The van der Waals surface area contributed by atoms with Crippen LogP contribution in [0, 0.1) is 12.3 Å². The number of nitrogens with zero attached hydrogens (tertiary/aromatic N) is 2. The van der Waals surface area contributed by atoms with E-state index in [9.17, 15) is 4.79 Å². The molecule has 1 heterocycles. The fourth-order valence-corrected chi connectivity index (χ4v) is 1.85. The lowest BCUT2D eigenvalue weighted by molar-refractivity contribution is -0.131. The van der Waals surface area contributed by atoms with Gasteiger partial charge in [-0.15, -0.1) is 0 Å². The number of aryl methyl sites for hydroxylation is 1. The number of aromatic nitrogens is 2. The summed E-state index contributed by atoms with van der Waals surface area (Å²) in [5, 5.41) is 6.59. The summed E-state index contributed by atoms with van der Waals surface area (Å²) in [6.07, 6.45) is 1.42. The van der Waals surface area contributed by atoms with E-state index in [0.29, 0.717) is 31.1 Å². The van der Waals surface area contributed by atoms with E-state index in [1.165, 1.54) is 0 Å². The molecule has 18 heavy (non-hydrogen) atoms. The van der Waals surface area contributed by atoms with Gasteiger partial charge in [0.15, 0.2) is 5.82 Å². The topological polar surface area (TPSA) is 94.0 Å². The molecule has 3 N–H and O–H groups in total. The van der Waals surface area contributed by atoms with Gasteiger partial charge in [-0.3, -0.25) is 4.79 Å². The van der Waals surface area contributed by atoms with Crippen molar-refractivity contribution in [2.45, 2.75) is 46.6 Å². The molecule has 0 saturated carbocycles. The molecule has 0 aliphatic rings. The molecule has 1 unspecified atom stereocenters. The van der Waals surface area contributed by atoms with E-state index < -0.39 is 5.41 Å². The molecule has 0 bridgehead atoms. The Labute approximate surface area is 107 Å². The fourth-order valence-electron chi connectivity index (χ4n) is 1.85. The molecule has 0 aliphatic carbocycles. The standard InChI is InChI=1S/C12H22N4O2/c1-5-12(6-2,7-13)11(17)14-8(3)10-15-9(4)16-18-10/h8H,5-7,13H2,1-4H3,(H,14,17). The Balaban J connectivity index is 2.75. The minimum absolute atomic E-state index is 0.0571. The number of carbonyl (C=O) groups is 1. The molecule has 1 aromatic heterocycles. The van der Waals surface area contributed by atoms with E-state index in [4.69, 9.17) is 10.3 Å². The van der Waals surface area contributed by atoms with Crippen LogP contribution in [0.15, 0.2) is 4.52 Å². The number of carbonyl (C=O) groups excluding carboxylic acids is 1. The second-order valence-corrected chi connectivity index (χ2v) is 4.57. The highest BCUT2D eigenvalue weighted by Crippen LogP contribution is 2.26. The molecule has 0 saturated heterocycles. The Morgan fingerprint density at radius 3 is 2.50 bits per heavy atom. The first-order chi connectivity index (χ1) is 8.49. The lowest BCUT2D eigenvalue weighted by Gasteiger charge is -2.29. The predicted molar refractivity (Wildman–Crippen MR) is 67.7 cm³/mol. The molecular weight excluding hydrogens is 232 g/mol. The maximum atomic E-state index is 12.3. The first-order valence-corrected chi connectivity index (χ1v) is 6.30. The Morgan fingerprint density at radius 1 is 1.50 bits per heavy atom. The molecule has 1 aromatic rings. The molecule has 0 spiro atoms. The zero-order chi connectivity index (χ0) is 13.8. The smallest absolute Gasteiger partial charge is 0.248 e. The van der Waals surface area contributed by atoms with Crippen molar-refractivity contribution in [3.8, 4) is 0 Å². The van der Waals surface area contributed by atoms with Gasteiger partial charge in [0.2, 0.25) is 11.8 Å². The average molecular weight is 254 g/mol. The number of hydrogen-bond acceptors (Lipinski definition) is 5. The zero-order valence-corrected chi connectivity index (χ0v) is 11.5. The quantitative estimate of drug-likeness (QED) is 0.798. The summed E-state index contributed by atoms with van der Waals surface area (Å²) in [5.41, 5.74) is 5.23. The third kappa shape index (κ3) is 2.87. The lowest BCUT2D eigenvalue weighted by atomic mass is 9.81. The summed E-state index contributed by atoms with van der Waals surface area (Å²) in [7, 11) is 0. The summed E-state index contributed by atoms with van der Waals surface area (Å²) in [6.45, 7) is 7.83. The van der Waals surface area contributed by atoms with Crippen LogP contribution in [0.25, 0.3) is 0 Å². The summed E-state index contributed by atoms with van der Waals surface area (Å²) in [5.74, 6) is 0.916. The molecule has 6 nitrogen and oxygen atoms in total. The molecule has 102 valence electrons. The van der Waals surface area contributed by atoms with Crippen LogP contribution in [0.2, 0.25) is 0 Å².